The van der Waals surface area contributed by atoms with Gasteiger partial charge >= 0.3 is 0 Å². The van der Waals surface area contributed by atoms with Gasteiger partial charge in [-0.1, -0.05) is 121 Å². The SMILES string of the molecule is Cc1ccc(S(=O)(=O)N/C(=C\[C@H](c2ccc(F)cc2)P(c2ccccc2)c2ccccc2)c2ccccc2)cc1. The van der Waals surface area contributed by atoms with Crippen molar-refractivity contribution in [2.45, 2.75) is 17.5 Å². The van der Waals surface area contributed by atoms with E-state index in [-0.39, 0.29) is 16.4 Å². The van der Waals surface area contributed by atoms with Gasteiger partial charge in [-0.2, -0.15) is 0 Å². The van der Waals surface area contributed by atoms with Crippen molar-refractivity contribution >= 4 is 34.3 Å². The standard InChI is InChI=1S/C34H29FNO2PS/c1-26-17-23-32(24-18-26)40(37,38)36-33(27-11-5-2-6-12-27)25-34(28-19-21-29(35)22-20-28)39(30-13-7-3-8-14-30)31-15-9-4-10-16-31/h2-25,34,36H,1H3/b33-25-/t34-/m1/s1. The molecule has 0 amide bonds. The molecule has 0 aliphatic heterocycles. The highest BCUT2D eigenvalue weighted by atomic mass is 32.2. The number of halogens is 1. The fourth-order valence-corrected chi connectivity index (χ4v) is 8.30. The Morgan fingerprint density at radius 3 is 1.73 bits per heavy atom. The molecule has 0 unspecified atom stereocenters. The molecular weight excluding hydrogens is 536 g/mol. The highest BCUT2D eigenvalue weighted by Crippen LogP contribution is 2.51. The van der Waals surface area contributed by atoms with Gasteiger partial charge in [0.2, 0.25) is 0 Å². The lowest BCUT2D eigenvalue weighted by atomic mass is 10.1. The van der Waals surface area contributed by atoms with Gasteiger partial charge in [0.05, 0.1) is 10.6 Å². The van der Waals surface area contributed by atoms with Crippen molar-refractivity contribution in [1.29, 1.82) is 0 Å². The summed E-state index contributed by atoms with van der Waals surface area (Å²) in [7, 11) is -4.94. The van der Waals surface area contributed by atoms with Gasteiger partial charge < -0.3 is 0 Å². The van der Waals surface area contributed by atoms with Crippen LogP contribution >= 0.6 is 7.92 Å². The summed E-state index contributed by atoms with van der Waals surface area (Å²) in [6, 6.07) is 43.1. The fourth-order valence-electron chi connectivity index (χ4n) is 4.51. The zero-order chi connectivity index (χ0) is 28.0. The van der Waals surface area contributed by atoms with E-state index in [2.05, 4.69) is 29.0 Å². The van der Waals surface area contributed by atoms with Crippen LogP contribution in [0.1, 0.15) is 22.3 Å². The van der Waals surface area contributed by atoms with Gasteiger partial charge in [0.25, 0.3) is 10.0 Å². The summed E-state index contributed by atoms with van der Waals surface area (Å²) < 4.78 is 44.2. The summed E-state index contributed by atoms with van der Waals surface area (Å²) in [5.41, 5.74) is 2.81. The van der Waals surface area contributed by atoms with Crippen molar-refractivity contribution < 1.29 is 12.8 Å². The summed E-state index contributed by atoms with van der Waals surface area (Å²) in [6.07, 6.45) is 1.99. The molecule has 0 aliphatic carbocycles. The normalized spacial score (nSPS) is 12.7. The van der Waals surface area contributed by atoms with Crippen LogP contribution in [0, 0.1) is 12.7 Å². The quantitative estimate of drug-likeness (QED) is 0.190. The monoisotopic (exact) mass is 565 g/mol. The molecule has 40 heavy (non-hydrogen) atoms. The number of aryl methyl sites for hydroxylation is 1. The molecule has 5 aromatic rings. The van der Waals surface area contributed by atoms with Crippen LogP contribution in [0.3, 0.4) is 0 Å². The summed E-state index contributed by atoms with van der Waals surface area (Å²) in [6.45, 7) is 1.92. The average Bonchev–Trinajstić information content (AvgIpc) is 2.98. The van der Waals surface area contributed by atoms with Gasteiger partial charge in [-0.3, -0.25) is 4.72 Å². The molecule has 0 saturated carbocycles. The molecule has 3 nitrogen and oxygen atoms in total. The van der Waals surface area contributed by atoms with Crippen molar-refractivity contribution in [3.05, 3.63) is 168 Å². The predicted molar refractivity (Wildman–Crippen MR) is 164 cm³/mol. The van der Waals surface area contributed by atoms with Crippen LogP contribution in [0.4, 0.5) is 4.39 Å². The average molecular weight is 566 g/mol. The molecule has 0 radical (unpaired) electrons. The third kappa shape index (κ3) is 6.56. The first-order valence-electron chi connectivity index (χ1n) is 12.9. The highest BCUT2D eigenvalue weighted by Gasteiger charge is 2.27. The fraction of sp³-hybridized carbons (Fsp3) is 0.0588. The Labute approximate surface area is 236 Å². The molecule has 0 bridgehead atoms. The third-order valence-electron chi connectivity index (χ3n) is 6.54. The lowest BCUT2D eigenvalue weighted by Gasteiger charge is -2.28. The Hall–Kier alpha value is -4.05. The molecule has 0 saturated heterocycles. The molecule has 0 aromatic heterocycles. The first-order valence-corrected chi connectivity index (χ1v) is 15.8. The number of allylic oxidation sites excluding steroid dienone is 1. The summed E-state index contributed by atoms with van der Waals surface area (Å²) in [5, 5.41) is 2.26. The number of nitrogens with one attached hydrogen (secondary N) is 1. The molecule has 6 heteroatoms. The van der Waals surface area contributed by atoms with E-state index in [1.807, 2.05) is 79.7 Å². The van der Waals surface area contributed by atoms with E-state index in [0.29, 0.717) is 5.70 Å². The Balaban J connectivity index is 1.71. The number of hydrogen-bond donors (Lipinski definition) is 1. The highest BCUT2D eigenvalue weighted by molar-refractivity contribution is 7.89. The second-order valence-corrected chi connectivity index (χ2v) is 13.4. The molecule has 0 spiro atoms. The van der Waals surface area contributed by atoms with E-state index in [1.54, 1.807) is 36.4 Å². The van der Waals surface area contributed by atoms with Gasteiger partial charge in [-0.15, -0.1) is 0 Å². The summed E-state index contributed by atoms with van der Waals surface area (Å²) >= 11 is 0. The van der Waals surface area contributed by atoms with Crippen molar-refractivity contribution in [1.82, 2.24) is 4.72 Å². The van der Waals surface area contributed by atoms with Crippen LogP contribution in [-0.4, -0.2) is 8.42 Å². The van der Waals surface area contributed by atoms with Crippen LogP contribution in [0.2, 0.25) is 0 Å². The van der Waals surface area contributed by atoms with Gasteiger partial charge in [0.15, 0.2) is 0 Å². The lowest BCUT2D eigenvalue weighted by Crippen LogP contribution is -2.24. The number of sulfonamides is 1. The van der Waals surface area contributed by atoms with Gasteiger partial charge in [-0.25, -0.2) is 12.8 Å². The topological polar surface area (TPSA) is 46.2 Å². The smallest absolute Gasteiger partial charge is 0.261 e. The van der Waals surface area contributed by atoms with Crippen LogP contribution in [-0.2, 0) is 10.0 Å². The molecule has 200 valence electrons. The maximum Gasteiger partial charge on any atom is 0.261 e. The molecule has 1 N–H and O–H groups in total. The van der Waals surface area contributed by atoms with E-state index >= 15 is 0 Å². The number of hydrogen-bond acceptors (Lipinski definition) is 2. The maximum atomic E-state index is 14.1. The van der Waals surface area contributed by atoms with Crippen molar-refractivity contribution in [3.8, 4) is 0 Å². The lowest BCUT2D eigenvalue weighted by molar-refractivity contribution is 0.591. The van der Waals surface area contributed by atoms with Crippen LogP contribution in [0.15, 0.2) is 150 Å². The van der Waals surface area contributed by atoms with Crippen molar-refractivity contribution in [2.24, 2.45) is 0 Å². The second-order valence-electron chi connectivity index (χ2n) is 9.40. The van der Waals surface area contributed by atoms with E-state index in [0.717, 1.165) is 27.3 Å². The predicted octanol–water partition coefficient (Wildman–Crippen LogP) is 7.33. The van der Waals surface area contributed by atoms with E-state index in [9.17, 15) is 12.8 Å². The first-order chi connectivity index (χ1) is 19.4. The van der Waals surface area contributed by atoms with Crippen LogP contribution in [0.5, 0.6) is 0 Å². The Kier molecular flexibility index (Phi) is 8.54. The molecule has 0 aliphatic rings. The van der Waals surface area contributed by atoms with Crippen molar-refractivity contribution in [2.75, 3.05) is 0 Å². The minimum atomic E-state index is -3.88. The molecule has 5 rings (SSSR count). The third-order valence-corrected chi connectivity index (χ3v) is 10.6. The summed E-state index contributed by atoms with van der Waals surface area (Å²) in [5.74, 6) is -0.321. The Bertz CT molecular complexity index is 1640. The molecule has 5 aromatic carbocycles. The molecule has 0 heterocycles. The van der Waals surface area contributed by atoms with Gasteiger partial charge in [-0.05, 0) is 66.9 Å². The maximum absolute atomic E-state index is 14.1. The van der Waals surface area contributed by atoms with Gasteiger partial charge in [0, 0.05) is 5.66 Å². The molecule has 0 fully saturated rings. The van der Waals surface area contributed by atoms with E-state index < -0.39 is 17.9 Å². The zero-order valence-corrected chi connectivity index (χ0v) is 23.7. The summed E-state index contributed by atoms with van der Waals surface area (Å²) in [4.78, 5) is 0.187. The Morgan fingerprint density at radius 2 is 1.20 bits per heavy atom. The molecule has 1 atom stereocenters. The van der Waals surface area contributed by atoms with E-state index in [1.165, 1.54) is 12.1 Å². The van der Waals surface area contributed by atoms with Crippen LogP contribution < -0.4 is 15.3 Å². The Morgan fingerprint density at radius 1 is 0.700 bits per heavy atom. The van der Waals surface area contributed by atoms with Gasteiger partial charge in [0.1, 0.15) is 5.82 Å². The van der Waals surface area contributed by atoms with E-state index in [4.69, 9.17) is 0 Å². The second kappa shape index (κ2) is 12.4. The zero-order valence-electron chi connectivity index (χ0n) is 22.0. The largest absolute Gasteiger partial charge is 0.279 e. The minimum Gasteiger partial charge on any atom is -0.279 e. The first kappa shape index (κ1) is 27.5. The molecular formula is C34H29FNO2PS. The minimum absolute atomic E-state index is 0.187. The number of benzene rings is 5. The number of rotatable bonds is 9. The van der Waals surface area contributed by atoms with Crippen molar-refractivity contribution in [3.63, 3.8) is 0 Å². The van der Waals surface area contributed by atoms with Crippen LogP contribution in [0.25, 0.3) is 5.70 Å².